The van der Waals surface area contributed by atoms with Crippen molar-refractivity contribution in [1.29, 1.82) is 0 Å². The summed E-state index contributed by atoms with van der Waals surface area (Å²) in [5.41, 5.74) is -0.00775. The molecule has 2 aromatic rings. The van der Waals surface area contributed by atoms with Gasteiger partial charge in [0.1, 0.15) is 0 Å². The maximum Gasteiger partial charge on any atom is 0.416 e. The van der Waals surface area contributed by atoms with Gasteiger partial charge in [-0.3, -0.25) is 0 Å². The van der Waals surface area contributed by atoms with E-state index in [1.807, 2.05) is 0 Å². The zero-order chi connectivity index (χ0) is 10.3. The highest BCUT2D eigenvalue weighted by atomic mass is 19.4. The van der Waals surface area contributed by atoms with Crippen LogP contribution in [0.25, 0.3) is 10.9 Å². The van der Waals surface area contributed by atoms with Crippen LogP contribution >= 0.6 is 0 Å². The molecule has 0 amide bonds. The monoisotopic (exact) mass is 197 g/mol. The number of aromatic nitrogens is 1. The number of fused-ring (bicyclic) bond motifs is 1. The molecule has 0 atom stereocenters. The fourth-order valence-corrected chi connectivity index (χ4v) is 1.44. The fraction of sp³-hybridized carbons (Fsp3) is 0.111. The number of benzene rings is 1. The van der Waals surface area contributed by atoms with Crippen molar-refractivity contribution in [3.8, 4) is 0 Å². The first-order valence-corrected chi connectivity index (χ1v) is 4.11. The van der Waals surface area contributed by atoms with E-state index >= 15 is 0 Å². The van der Waals surface area contributed by atoms with Crippen LogP contribution in [0, 0.1) is 0 Å². The molecule has 0 aliphatic carbocycles. The quantitative estimate of drug-likeness (QED) is 0.569. The Morgan fingerprint density at radius 2 is 1.86 bits per heavy atom. The lowest BCUT2D eigenvalue weighted by Gasteiger charge is -2.06. The predicted molar refractivity (Wildman–Crippen MR) is 50.9 cm³/mol. The molecule has 14 heavy (non-hydrogen) atoms. The molecule has 72 valence electrons. The standard InChI is InChI=1S/C9H7BF3N/c10-14-4-3-6-1-2-7(5-8(6)14)9(11,12)13/h1-5H,10H2. The van der Waals surface area contributed by atoms with Crippen molar-refractivity contribution in [3.05, 3.63) is 36.0 Å². The zero-order valence-corrected chi connectivity index (χ0v) is 7.47. The lowest BCUT2D eigenvalue weighted by Crippen LogP contribution is -2.04. The van der Waals surface area contributed by atoms with E-state index < -0.39 is 11.7 Å². The van der Waals surface area contributed by atoms with E-state index in [0.717, 1.165) is 17.5 Å². The van der Waals surface area contributed by atoms with E-state index in [1.54, 1.807) is 24.7 Å². The second kappa shape index (κ2) is 2.80. The minimum absolute atomic E-state index is 0.597. The van der Waals surface area contributed by atoms with Crippen LogP contribution in [0.2, 0.25) is 0 Å². The Balaban J connectivity index is 2.66. The third-order valence-corrected chi connectivity index (χ3v) is 2.22. The number of nitrogens with zero attached hydrogens (tertiary/aromatic N) is 1. The van der Waals surface area contributed by atoms with Crippen molar-refractivity contribution in [1.82, 2.24) is 4.48 Å². The predicted octanol–water partition coefficient (Wildman–Crippen LogP) is 2.06. The third-order valence-electron chi connectivity index (χ3n) is 2.22. The van der Waals surface area contributed by atoms with Crippen molar-refractivity contribution in [2.24, 2.45) is 0 Å². The Hall–Kier alpha value is -1.39. The summed E-state index contributed by atoms with van der Waals surface area (Å²) in [5.74, 6) is 0. The van der Waals surface area contributed by atoms with E-state index in [0.29, 0.717) is 5.52 Å². The summed E-state index contributed by atoms with van der Waals surface area (Å²) in [6.45, 7) is 0. The van der Waals surface area contributed by atoms with E-state index in [2.05, 4.69) is 0 Å². The fourth-order valence-electron chi connectivity index (χ4n) is 1.44. The van der Waals surface area contributed by atoms with Crippen molar-refractivity contribution in [2.45, 2.75) is 6.18 Å². The number of halogens is 3. The van der Waals surface area contributed by atoms with Crippen LogP contribution in [0.3, 0.4) is 0 Å². The lowest BCUT2D eigenvalue weighted by atomic mass is 10.1. The summed E-state index contributed by atoms with van der Waals surface area (Å²) in [5, 5.41) is 0.820. The van der Waals surface area contributed by atoms with Crippen LogP contribution in [0.1, 0.15) is 5.56 Å². The topological polar surface area (TPSA) is 4.93 Å². The molecule has 1 nitrogen and oxygen atoms in total. The van der Waals surface area contributed by atoms with E-state index in [1.165, 1.54) is 6.07 Å². The van der Waals surface area contributed by atoms with Crippen LogP contribution in [0.4, 0.5) is 13.2 Å². The van der Waals surface area contributed by atoms with Gasteiger partial charge in [0.2, 0.25) is 7.98 Å². The van der Waals surface area contributed by atoms with Crippen molar-refractivity contribution in [3.63, 3.8) is 0 Å². The number of hydrogen-bond acceptors (Lipinski definition) is 0. The number of rotatable bonds is 0. The van der Waals surface area contributed by atoms with E-state index in [9.17, 15) is 13.2 Å². The number of alkyl halides is 3. The summed E-state index contributed by atoms with van der Waals surface area (Å²) in [6, 6.07) is 5.53. The molecule has 2 rings (SSSR count). The maximum absolute atomic E-state index is 12.3. The van der Waals surface area contributed by atoms with Gasteiger partial charge in [-0.15, -0.1) is 0 Å². The molecule has 1 heterocycles. The highest BCUT2D eigenvalue weighted by Gasteiger charge is 2.30. The van der Waals surface area contributed by atoms with Crippen molar-refractivity contribution in [2.75, 3.05) is 0 Å². The van der Waals surface area contributed by atoms with Crippen LogP contribution in [0.5, 0.6) is 0 Å². The molecule has 0 unspecified atom stereocenters. The summed E-state index contributed by atoms with van der Waals surface area (Å²) in [7, 11) is 1.72. The molecule has 1 aromatic heterocycles. The minimum atomic E-state index is -4.27. The first-order valence-electron chi connectivity index (χ1n) is 4.11. The van der Waals surface area contributed by atoms with Gasteiger partial charge in [-0.2, -0.15) is 13.2 Å². The summed E-state index contributed by atoms with van der Waals surface area (Å²) >= 11 is 0. The van der Waals surface area contributed by atoms with Crippen molar-refractivity contribution >= 4 is 18.9 Å². The first-order chi connectivity index (χ1) is 6.48. The van der Waals surface area contributed by atoms with Crippen LogP contribution in [-0.4, -0.2) is 12.5 Å². The summed E-state index contributed by atoms with van der Waals surface area (Å²) < 4.78 is 38.7. The molecule has 0 aliphatic heterocycles. The lowest BCUT2D eigenvalue weighted by molar-refractivity contribution is -0.137. The molecule has 0 spiro atoms. The average molecular weight is 197 g/mol. The van der Waals surface area contributed by atoms with Gasteiger partial charge in [0, 0.05) is 5.52 Å². The number of hydrogen-bond donors (Lipinski definition) is 0. The van der Waals surface area contributed by atoms with Crippen molar-refractivity contribution < 1.29 is 13.2 Å². The molecule has 1 aromatic carbocycles. The Morgan fingerprint density at radius 1 is 1.14 bits per heavy atom. The molecular formula is C9H7BF3N. The Morgan fingerprint density at radius 3 is 2.50 bits per heavy atom. The molecule has 0 fully saturated rings. The van der Waals surface area contributed by atoms with Crippen LogP contribution in [-0.2, 0) is 6.18 Å². The van der Waals surface area contributed by atoms with Gasteiger partial charge >= 0.3 is 6.18 Å². The molecule has 5 heteroatoms. The summed E-state index contributed by atoms with van der Waals surface area (Å²) in [4.78, 5) is 0. The SMILES string of the molecule is Bn1ccc2ccc(C(F)(F)F)cc21. The first kappa shape index (κ1) is 9.18. The molecule has 0 radical (unpaired) electrons. The van der Waals surface area contributed by atoms with Crippen LogP contribution in [0.15, 0.2) is 30.5 Å². The van der Waals surface area contributed by atoms with Gasteiger partial charge < -0.3 is 4.48 Å². The van der Waals surface area contributed by atoms with E-state index in [-0.39, 0.29) is 0 Å². The van der Waals surface area contributed by atoms with Gasteiger partial charge in [0.05, 0.1) is 5.56 Å². The molecule has 0 saturated heterocycles. The van der Waals surface area contributed by atoms with E-state index in [4.69, 9.17) is 0 Å². The van der Waals surface area contributed by atoms with Crippen LogP contribution < -0.4 is 0 Å². The van der Waals surface area contributed by atoms with Gasteiger partial charge in [0.15, 0.2) is 0 Å². The molecule has 0 N–H and O–H groups in total. The minimum Gasteiger partial charge on any atom is -0.399 e. The second-order valence-corrected chi connectivity index (χ2v) is 3.20. The average Bonchev–Trinajstić information content (AvgIpc) is 2.46. The molecule has 0 bridgehead atoms. The van der Waals surface area contributed by atoms with Gasteiger partial charge in [-0.1, -0.05) is 6.07 Å². The van der Waals surface area contributed by atoms with Gasteiger partial charge in [-0.25, -0.2) is 0 Å². The third kappa shape index (κ3) is 1.39. The Bertz CT molecular complexity index is 472. The molecule has 0 saturated carbocycles. The molecular weight excluding hydrogens is 190 g/mol. The highest BCUT2D eigenvalue weighted by molar-refractivity contribution is 6.11. The summed E-state index contributed by atoms with van der Waals surface area (Å²) in [6.07, 6.45) is -2.52. The largest absolute Gasteiger partial charge is 0.416 e. The zero-order valence-electron chi connectivity index (χ0n) is 7.47. The molecule has 0 aliphatic rings. The Labute approximate surface area is 79.6 Å². The normalized spacial score (nSPS) is 12.2. The van der Waals surface area contributed by atoms with Gasteiger partial charge in [0.25, 0.3) is 0 Å². The second-order valence-electron chi connectivity index (χ2n) is 3.20. The maximum atomic E-state index is 12.3. The Kier molecular flexibility index (Phi) is 1.84. The highest BCUT2D eigenvalue weighted by Crippen LogP contribution is 2.31. The van der Waals surface area contributed by atoms with Gasteiger partial charge in [-0.05, 0) is 29.8 Å². The smallest absolute Gasteiger partial charge is 0.399 e.